The summed E-state index contributed by atoms with van der Waals surface area (Å²) in [6.07, 6.45) is 7.91. The number of aromatic nitrogens is 1. The third-order valence-corrected chi connectivity index (χ3v) is 8.02. The van der Waals surface area contributed by atoms with Crippen molar-refractivity contribution in [3.63, 3.8) is 0 Å². The first-order chi connectivity index (χ1) is 15.6. The summed E-state index contributed by atoms with van der Waals surface area (Å²) >= 11 is 1.93. The van der Waals surface area contributed by atoms with Gasteiger partial charge in [-0.2, -0.15) is 0 Å². The van der Waals surface area contributed by atoms with Gasteiger partial charge in [-0.1, -0.05) is 19.1 Å². The summed E-state index contributed by atoms with van der Waals surface area (Å²) in [5.74, 6) is 0. The maximum absolute atomic E-state index is 13.5. The van der Waals surface area contributed by atoms with E-state index in [1.807, 2.05) is 11.3 Å². The molecule has 0 saturated carbocycles. The standard InChI is InChI=1S/C26H32N4OS/c1-4-15-27-26(31)30-17-21-20-8-5-6-10-23(20)32-25(21)29-16-7-9-22(29)24(30)18-11-13-19(14-12-18)28(2)3/h7,9,11-14,16,24H,4-6,8,10,15,17H2,1-3H3,(H,27,31)/t24-/m1/s1. The molecule has 0 radical (unpaired) electrons. The number of carbonyl (C=O) groups excluding carboxylic acids is 1. The zero-order valence-corrected chi connectivity index (χ0v) is 20.0. The molecular formula is C26H32N4OS. The van der Waals surface area contributed by atoms with E-state index in [1.54, 1.807) is 0 Å². The van der Waals surface area contributed by atoms with E-state index in [0.29, 0.717) is 13.1 Å². The Morgan fingerprint density at radius 2 is 1.91 bits per heavy atom. The highest BCUT2D eigenvalue weighted by atomic mass is 32.1. The van der Waals surface area contributed by atoms with E-state index in [4.69, 9.17) is 0 Å². The van der Waals surface area contributed by atoms with Crippen molar-refractivity contribution in [3.8, 4) is 5.00 Å². The van der Waals surface area contributed by atoms with Crippen LogP contribution in [-0.4, -0.2) is 36.1 Å². The topological polar surface area (TPSA) is 40.5 Å². The molecule has 0 unspecified atom stereocenters. The van der Waals surface area contributed by atoms with Gasteiger partial charge in [0.15, 0.2) is 0 Å². The summed E-state index contributed by atoms with van der Waals surface area (Å²) < 4.78 is 2.34. The number of aryl methyl sites for hydroxylation is 1. The van der Waals surface area contributed by atoms with Crippen LogP contribution >= 0.6 is 11.3 Å². The predicted octanol–water partition coefficient (Wildman–Crippen LogP) is 5.51. The smallest absolute Gasteiger partial charge is 0.318 e. The fraction of sp³-hybridized carbons (Fsp3) is 0.423. The third kappa shape index (κ3) is 3.60. The van der Waals surface area contributed by atoms with Gasteiger partial charge in [-0.05, 0) is 67.5 Å². The monoisotopic (exact) mass is 448 g/mol. The summed E-state index contributed by atoms with van der Waals surface area (Å²) in [6, 6.07) is 12.8. The summed E-state index contributed by atoms with van der Waals surface area (Å²) in [7, 11) is 4.11. The van der Waals surface area contributed by atoms with Crippen LogP contribution in [-0.2, 0) is 19.4 Å². The van der Waals surface area contributed by atoms with E-state index in [-0.39, 0.29) is 12.1 Å². The van der Waals surface area contributed by atoms with Crippen molar-refractivity contribution in [2.45, 2.75) is 51.6 Å². The van der Waals surface area contributed by atoms with Crippen LogP contribution in [0.2, 0.25) is 0 Å². The lowest BCUT2D eigenvalue weighted by Gasteiger charge is -2.31. The van der Waals surface area contributed by atoms with Crippen LogP contribution in [0, 0.1) is 0 Å². The Balaban J connectivity index is 1.65. The van der Waals surface area contributed by atoms with Crippen LogP contribution in [0.5, 0.6) is 0 Å². The lowest BCUT2D eigenvalue weighted by Crippen LogP contribution is -2.42. The van der Waals surface area contributed by atoms with Crippen LogP contribution in [0.15, 0.2) is 42.6 Å². The average molecular weight is 449 g/mol. The van der Waals surface area contributed by atoms with Crippen molar-refractivity contribution in [3.05, 3.63) is 69.9 Å². The molecule has 1 aliphatic carbocycles. The minimum atomic E-state index is -0.128. The molecule has 1 N–H and O–H groups in total. The Hall–Kier alpha value is -2.73. The molecule has 1 aromatic carbocycles. The molecule has 2 amide bonds. The van der Waals surface area contributed by atoms with Crippen molar-refractivity contribution in [2.24, 2.45) is 0 Å². The third-order valence-electron chi connectivity index (χ3n) is 6.69. The Morgan fingerprint density at radius 1 is 1.12 bits per heavy atom. The van der Waals surface area contributed by atoms with Gasteiger partial charge in [-0.3, -0.25) is 0 Å². The number of nitrogens with one attached hydrogen (secondary N) is 1. The highest BCUT2D eigenvalue weighted by molar-refractivity contribution is 7.15. The van der Waals surface area contributed by atoms with E-state index in [0.717, 1.165) is 29.8 Å². The largest absolute Gasteiger partial charge is 0.378 e. The molecule has 32 heavy (non-hydrogen) atoms. The molecule has 3 aromatic rings. The number of anilines is 1. The Kier molecular flexibility index (Phi) is 5.72. The first-order valence-electron chi connectivity index (χ1n) is 11.7. The Bertz CT molecular complexity index is 1110. The predicted molar refractivity (Wildman–Crippen MR) is 132 cm³/mol. The fourth-order valence-corrected chi connectivity index (χ4v) is 6.43. The number of hydrogen-bond donors (Lipinski definition) is 1. The minimum Gasteiger partial charge on any atom is -0.378 e. The van der Waals surface area contributed by atoms with Gasteiger partial charge in [0.2, 0.25) is 0 Å². The summed E-state index contributed by atoms with van der Waals surface area (Å²) in [4.78, 5) is 19.2. The quantitative estimate of drug-likeness (QED) is 0.572. The van der Waals surface area contributed by atoms with Crippen molar-refractivity contribution >= 4 is 23.1 Å². The number of hydrogen-bond acceptors (Lipinski definition) is 3. The molecule has 0 fully saturated rings. The molecule has 5 rings (SSSR count). The summed E-state index contributed by atoms with van der Waals surface area (Å²) in [5, 5.41) is 4.46. The molecule has 1 aliphatic heterocycles. The maximum atomic E-state index is 13.5. The van der Waals surface area contributed by atoms with Gasteiger partial charge >= 0.3 is 6.03 Å². The molecule has 0 bridgehead atoms. The van der Waals surface area contributed by atoms with Crippen LogP contribution in [0.3, 0.4) is 0 Å². The molecule has 3 heterocycles. The minimum absolute atomic E-state index is 0.0184. The number of urea groups is 1. The van der Waals surface area contributed by atoms with Gasteiger partial charge in [-0.15, -0.1) is 11.3 Å². The van der Waals surface area contributed by atoms with Gasteiger partial charge in [-0.25, -0.2) is 4.79 Å². The lowest BCUT2D eigenvalue weighted by molar-refractivity contribution is 0.180. The van der Waals surface area contributed by atoms with Crippen LogP contribution in [0.4, 0.5) is 10.5 Å². The first-order valence-corrected chi connectivity index (χ1v) is 12.5. The highest BCUT2D eigenvalue weighted by Gasteiger charge is 2.35. The van der Waals surface area contributed by atoms with E-state index >= 15 is 0 Å². The number of rotatable bonds is 4. The second kappa shape index (κ2) is 8.66. The number of nitrogens with zero attached hydrogens (tertiary/aromatic N) is 3. The van der Waals surface area contributed by atoms with Gasteiger partial charge in [0.1, 0.15) is 5.00 Å². The zero-order chi connectivity index (χ0) is 22.2. The Labute approximate surface area is 194 Å². The number of thiophene rings is 1. The fourth-order valence-electron chi connectivity index (χ4n) is 5.03. The van der Waals surface area contributed by atoms with Crippen molar-refractivity contribution in [2.75, 3.05) is 25.5 Å². The van der Waals surface area contributed by atoms with Gasteiger partial charge < -0.3 is 19.7 Å². The van der Waals surface area contributed by atoms with E-state index in [1.165, 1.54) is 40.3 Å². The van der Waals surface area contributed by atoms with Gasteiger partial charge in [0.25, 0.3) is 0 Å². The van der Waals surface area contributed by atoms with Crippen molar-refractivity contribution in [1.29, 1.82) is 0 Å². The molecule has 2 aliphatic rings. The van der Waals surface area contributed by atoms with Crippen molar-refractivity contribution < 1.29 is 4.79 Å². The van der Waals surface area contributed by atoms with Crippen molar-refractivity contribution in [1.82, 2.24) is 14.8 Å². The molecule has 1 atom stereocenters. The second-order valence-corrected chi connectivity index (χ2v) is 10.1. The van der Waals surface area contributed by atoms with Crippen LogP contribution in [0.1, 0.15) is 59.5 Å². The highest BCUT2D eigenvalue weighted by Crippen LogP contribution is 2.44. The van der Waals surface area contributed by atoms with E-state index in [9.17, 15) is 4.79 Å². The number of benzene rings is 1. The summed E-state index contributed by atoms with van der Waals surface area (Å²) in [5.41, 5.74) is 6.31. The molecule has 6 heteroatoms. The molecular weight excluding hydrogens is 416 g/mol. The molecule has 5 nitrogen and oxygen atoms in total. The molecule has 0 spiro atoms. The molecule has 168 valence electrons. The number of fused-ring (bicyclic) bond motifs is 5. The maximum Gasteiger partial charge on any atom is 0.318 e. The van der Waals surface area contributed by atoms with Gasteiger partial charge in [0, 0.05) is 43.0 Å². The molecule has 0 saturated heterocycles. The Morgan fingerprint density at radius 3 is 2.66 bits per heavy atom. The van der Waals surface area contributed by atoms with E-state index in [2.05, 4.69) is 83.3 Å². The van der Waals surface area contributed by atoms with Crippen LogP contribution in [0.25, 0.3) is 5.00 Å². The van der Waals surface area contributed by atoms with Gasteiger partial charge in [0.05, 0.1) is 18.3 Å². The second-order valence-electron chi connectivity index (χ2n) is 9.05. The first kappa shape index (κ1) is 21.1. The lowest BCUT2D eigenvalue weighted by atomic mass is 9.95. The number of amides is 2. The average Bonchev–Trinajstić information content (AvgIpc) is 3.39. The SMILES string of the molecule is CCCNC(=O)N1Cc2c(sc3c2CCCC3)-n2cccc2[C@H]1c1ccc(N(C)C)cc1. The van der Waals surface area contributed by atoms with E-state index < -0.39 is 0 Å². The zero-order valence-electron chi connectivity index (χ0n) is 19.2. The number of carbonyl (C=O) groups is 1. The normalized spacial score (nSPS) is 17.2. The summed E-state index contributed by atoms with van der Waals surface area (Å²) in [6.45, 7) is 3.44. The van der Waals surface area contributed by atoms with Crippen LogP contribution < -0.4 is 10.2 Å². The molecule has 2 aromatic heterocycles.